The van der Waals surface area contributed by atoms with E-state index in [1.165, 1.54) is 25.7 Å². The number of hydrogen-bond acceptors (Lipinski definition) is 3. The molecule has 0 aromatic rings. The van der Waals surface area contributed by atoms with Gasteiger partial charge >= 0.3 is 0 Å². The summed E-state index contributed by atoms with van der Waals surface area (Å²) in [5.74, 6) is 3.52. The zero-order chi connectivity index (χ0) is 14.8. The van der Waals surface area contributed by atoms with Gasteiger partial charge in [0.1, 0.15) is 0 Å². The minimum Gasteiger partial charge on any atom is -0.393 e. The molecular weight excluding hydrogens is 264 g/mol. The fraction of sp³-hybridized carbons (Fsp3) is 1.00. The van der Waals surface area contributed by atoms with E-state index >= 15 is 0 Å². The van der Waals surface area contributed by atoms with Crippen LogP contribution in [0.15, 0.2) is 0 Å². The number of aliphatic hydroxyl groups is 3. The van der Waals surface area contributed by atoms with Gasteiger partial charge in [0, 0.05) is 0 Å². The summed E-state index contributed by atoms with van der Waals surface area (Å²) in [6.45, 7) is 2.21. The van der Waals surface area contributed by atoms with E-state index in [9.17, 15) is 15.3 Å². The van der Waals surface area contributed by atoms with Gasteiger partial charge in [0.15, 0.2) is 0 Å². The molecule has 0 heterocycles. The van der Waals surface area contributed by atoms with Crippen molar-refractivity contribution in [3.63, 3.8) is 0 Å². The second-order valence-corrected chi connectivity index (χ2v) is 8.69. The molecule has 3 nitrogen and oxygen atoms in total. The third kappa shape index (κ3) is 2.04. The number of aliphatic hydroxyl groups excluding tert-OH is 3. The van der Waals surface area contributed by atoms with Crippen molar-refractivity contribution >= 4 is 0 Å². The molecule has 3 heteroatoms. The first-order chi connectivity index (χ1) is 10.0. The van der Waals surface area contributed by atoms with Gasteiger partial charge in [-0.15, -0.1) is 0 Å². The predicted octanol–water partition coefficient (Wildman–Crippen LogP) is 2.33. The van der Waals surface area contributed by atoms with E-state index in [1.54, 1.807) is 0 Å². The molecule has 21 heavy (non-hydrogen) atoms. The molecule has 4 aliphatic rings. The van der Waals surface area contributed by atoms with Crippen LogP contribution in [0, 0.1) is 35.0 Å². The molecule has 0 bridgehead atoms. The Kier molecular flexibility index (Phi) is 3.40. The maximum absolute atomic E-state index is 10.4. The summed E-state index contributed by atoms with van der Waals surface area (Å²) in [5.41, 5.74) is -0.0540. The van der Waals surface area contributed by atoms with E-state index in [2.05, 4.69) is 6.92 Å². The molecule has 3 N–H and O–H groups in total. The molecule has 0 amide bonds. The summed E-state index contributed by atoms with van der Waals surface area (Å²) in [7, 11) is 0. The largest absolute Gasteiger partial charge is 0.393 e. The first-order valence-electron chi connectivity index (χ1n) is 9.05. The van der Waals surface area contributed by atoms with Gasteiger partial charge in [-0.25, -0.2) is 0 Å². The Hall–Kier alpha value is -0.120. The highest BCUT2D eigenvalue weighted by Gasteiger charge is 2.59. The van der Waals surface area contributed by atoms with Crippen LogP contribution in [0.25, 0.3) is 0 Å². The van der Waals surface area contributed by atoms with E-state index in [0.717, 1.165) is 43.4 Å². The monoisotopic (exact) mass is 294 g/mol. The summed E-state index contributed by atoms with van der Waals surface area (Å²) in [6, 6.07) is 0. The lowest BCUT2D eigenvalue weighted by Gasteiger charge is -2.55. The van der Waals surface area contributed by atoms with E-state index in [4.69, 9.17) is 0 Å². The fourth-order valence-corrected chi connectivity index (χ4v) is 6.82. The molecule has 4 rings (SSSR count). The molecule has 0 spiro atoms. The maximum Gasteiger partial charge on any atom is 0.0855 e. The normalized spacial score (nSPS) is 60.0. The van der Waals surface area contributed by atoms with Crippen LogP contribution in [0.1, 0.15) is 58.3 Å². The van der Waals surface area contributed by atoms with Crippen molar-refractivity contribution in [1.29, 1.82) is 0 Å². The fourth-order valence-electron chi connectivity index (χ4n) is 6.82. The Morgan fingerprint density at radius 1 is 0.810 bits per heavy atom. The predicted molar refractivity (Wildman–Crippen MR) is 80.5 cm³/mol. The quantitative estimate of drug-likeness (QED) is 0.642. The van der Waals surface area contributed by atoms with Crippen molar-refractivity contribution in [2.75, 3.05) is 0 Å². The third-order valence-electron chi connectivity index (χ3n) is 7.90. The average Bonchev–Trinajstić information content (AvgIpc) is 2.70. The van der Waals surface area contributed by atoms with Crippen molar-refractivity contribution < 1.29 is 15.3 Å². The summed E-state index contributed by atoms with van der Waals surface area (Å²) >= 11 is 0. The van der Waals surface area contributed by atoms with Crippen LogP contribution in [0.4, 0.5) is 0 Å². The van der Waals surface area contributed by atoms with Gasteiger partial charge in [-0.2, -0.15) is 0 Å². The minimum absolute atomic E-state index is 0.0540. The van der Waals surface area contributed by atoms with Crippen LogP contribution < -0.4 is 0 Å². The highest BCUT2D eigenvalue weighted by molar-refractivity contribution is 5.08. The third-order valence-corrected chi connectivity index (χ3v) is 7.90. The first-order valence-corrected chi connectivity index (χ1v) is 9.05. The molecule has 9 atom stereocenters. The molecule has 4 fully saturated rings. The zero-order valence-electron chi connectivity index (χ0n) is 13.1. The lowest BCUT2D eigenvalue weighted by Crippen LogP contribution is -2.50. The lowest BCUT2D eigenvalue weighted by molar-refractivity contribution is -0.0973. The maximum atomic E-state index is 10.4. The zero-order valence-corrected chi connectivity index (χ0v) is 13.1. The number of rotatable bonds is 0. The first kappa shape index (κ1) is 14.5. The van der Waals surface area contributed by atoms with E-state index in [1.807, 2.05) is 0 Å². The SMILES string of the molecule is C[C@]12CC[C@@H]3C4CC[C@@H](O)C[C@@H]4CC[C@H]3[C@@H]1C[C@@H](O)[C@@H]2O. The minimum atomic E-state index is -0.519. The second-order valence-electron chi connectivity index (χ2n) is 8.69. The lowest BCUT2D eigenvalue weighted by atomic mass is 9.50. The summed E-state index contributed by atoms with van der Waals surface area (Å²) in [4.78, 5) is 0. The molecule has 4 saturated carbocycles. The highest BCUT2D eigenvalue weighted by Crippen LogP contribution is 2.62. The molecule has 120 valence electrons. The van der Waals surface area contributed by atoms with Crippen molar-refractivity contribution in [3.05, 3.63) is 0 Å². The molecule has 1 unspecified atom stereocenters. The van der Waals surface area contributed by atoms with Gasteiger partial charge in [0.25, 0.3) is 0 Å². The molecule has 0 aromatic heterocycles. The average molecular weight is 294 g/mol. The van der Waals surface area contributed by atoms with E-state index in [-0.39, 0.29) is 11.5 Å². The van der Waals surface area contributed by atoms with Crippen LogP contribution in [-0.2, 0) is 0 Å². The standard InChI is InChI=1S/C18H30O3/c1-18-7-6-13-12-5-3-11(19)8-10(12)2-4-14(13)15(18)9-16(20)17(18)21/h10-17,19-21H,2-9H2,1H3/t10-,11+,12?,13+,14+,15-,16+,17-,18-/m0/s1. The van der Waals surface area contributed by atoms with Gasteiger partial charge < -0.3 is 15.3 Å². The van der Waals surface area contributed by atoms with Crippen molar-refractivity contribution in [1.82, 2.24) is 0 Å². The molecule has 0 saturated heterocycles. The van der Waals surface area contributed by atoms with Crippen molar-refractivity contribution in [2.45, 2.75) is 76.6 Å². The Bertz CT molecular complexity index is 411. The van der Waals surface area contributed by atoms with Gasteiger partial charge in [0.2, 0.25) is 0 Å². The number of hydrogen-bond donors (Lipinski definition) is 3. The number of fused-ring (bicyclic) bond motifs is 5. The van der Waals surface area contributed by atoms with Crippen molar-refractivity contribution in [3.8, 4) is 0 Å². The smallest absolute Gasteiger partial charge is 0.0855 e. The Labute approximate surface area is 127 Å². The Morgan fingerprint density at radius 2 is 1.57 bits per heavy atom. The molecule has 0 aromatic carbocycles. The van der Waals surface area contributed by atoms with Gasteiger partial charge in [-0.3, -0.25) is 0 Å². The van der Waals surface area contributed by atoms with Crippen LogP contribution >= 0.6 is 0 Å². The van der Waals surface area contributed by atoms with Gasteiger partial charge in [-0.05, 0) is 86.4 Å². The Balaban J connectivity index is 1.58. The summed E-state index contributed by atoms with van der Waals surface area (Å²) in [6.07, 6.45) is 7.70. The summed E-state index contributed by atoms with van der Waals surface area (Å²) in [5, 5.41) is 30.5. The van der Waals surface area contributed by atoms with E-state index in [0.29, 0.717) is 11.8 Å². The van der Waals surface area contributed by atoms with Crippen LogP contribution in [0.5, 0.6) is 0 Å². The van der Waals surface area contributed by atoms with Crippen molar-refractivity contribution in [2.24, 2.45) is 35.0 Å². The van der Waals surface area contributed by atoms with E-state index < -0.39 is 12.2 Å². The molecule has 0 aliphatic heterocycles. The summed E-state index contributed by atoms with van der Waals surface area (Å²) < 4.78 is 0. The van der Waals surface area contributed by atoms with Crippen LogP contribution in [0.3, 0.4) is 0 Å². The second kappa shape index (κ2) is 4.94. The Morgan fingerprint density at radius 3 is 2.38 bits per heavy atom. The van der Waals surface area contributed by atoms with Gasteiger partial charge in [-0.1, -0.05) is 6.92 Å². The van der Waals surface area contributed by atoms with Crippen LogP contribution in [0.2, 0.25) is 0 Å². The molecule has 0 radical (unpaired) electrons. The van der Waals surface area contributed by atoms with Crippen LogP contribution in [-0.4, -0.2) is 33.6 Å². The molecule has 4 aliphatic carbocycles. The topological polar surface area (TPSA) is 60.7 Å². The van der Waals surface area contributed by atoms with Gasteiger partial charge in [0.05, 0.1) is 18.3 Å². The molecular formula is C18H30O3. The highest BCUT2D eigenvalue weighted by atomic mass is 16.3.